The lowest BCUT2D eigenvalue weighted by molar-refractivity contribution is -0.245. The highest BCUT2D eigenvalue weighted by Gasteiger charge is 2.46. The summed E-state index contributed by atoms with van der Waals surface area (Å²) in [6.45, 7) is -1.18. The number of ether oxygens (including phenoxy) is 1. The van der Waals surface area contributed by atoms with Gasteiger partial charge in [-0.3, -0.25) is 14.9 Å². The predicted octanol–water partition coefficient (Wildman–Crippen LogP) is 2.54. The summed E-state index contributed by atoms with van der Waals surface area (Å²) in [6.07, 6.45) is -8.28. The van der Waals surface area contributed by atoms with E-state index in [1.54, 1.807) is 0 Å². The molecule has 4 heterocycles. The quantitative estimate of drug-likeness (QED) is 0.225. The Bertz CT molecular complexity index is 1860. The SMILES string of the molecule is O=C1NC(=O)c2c1c1c3cc(F)ccc3[nH]c1c1c2c2cc(F)ccc2n1C1OC(CF)[C@@H](O)C(O)C1O. The van der Waals surface area contributed by atoms with E-state index in [4.69, 9.17) is 4.74 Å². The van der Waals surface area contributed by atoms with Crippen LogP contribution in [0.25, 0.3) is 43.6 Å². The number of halogens is 3. The van der Waals surface area contributed by atoms with Gasteiger partial charge in [0.15, 0.2) is 6.23 Å². The van der Waals surface area contributed by atoms with Crippen molar-refractivity contribution in [3.63, 3.8) is 0 Å². The molecule has 2 aromatic heterocycles. The number of benzene rings is 3. The maximum atomic E-state index is 14.5. The molecule has 5 N–H and O–H groups in total. The number of nitrogens with zero attached hydrogens (tertiary/aromatic N) is 1. The third kappa shape index (κ3) is 2.85. The van der Waals surface area contributed by atoms with Crippen molar-refractivity contribution in [2.24, 2.45) is 0 Å². The number of carbonyl (C=O) groups is 2. The Labute approximate surface area is 210 Å². The van der Waals surface area contributed by atoms with Crippen molar-refractivity contribution in [1.82, 2.24) is 14.9 Å². The van der Waals surface area contributed by atoms with E-state index in [1.807, 2.05) is 0 Å². The number of amides is 2. The number of nitrogens with one attached hydrogen (secondary N) is 2. The molecule has 2 amide bonds. The fourth-order valence-corrected chi connectivity index (χ4v) is 5.86. The van der Waals surface area contributed by atoms with Gasteiger partial charge in [0, 0.05) is 27.1 Å². The Morgan fingerprint density at radius 3 is 2.24 bits per heavy atom. The zero-order valence-electron chi connectivity index (χ0n) is 19.2. The van der Waals surface area contributed by atoms with Crippen LogP contribution in [0.1, 0.15) is 26.9 Å². The van der Waals surface area contributed by atoms with E-state index in [9.17, 15) is 38.1 Å². The molecule has 2 aliphatic rings. The Kier molecular flexibility index (Phi) is 4.74. The molecule has 38 heavy (non-hydrogen) atoms. The van der Waals surface area contributed by atoms with Crippen LogP contribution >= 0.6 is 0 Å². The number of H-pyrrole nitrogens is 1. The zero-order chi connectivity index (χ0) is 26.6. The fraction of sp³-hybridized carbons (Fsp3) is 0.231. The standard InChI is InChI=1S/C26H18F3N3O6/c27-7-14-21(33)22(34)23(35)26(38-14)32-13-4-2-9(29)6-11(13)16-18-17(24(36)31-25(18)37)15-10-5-8(28)1-3-12(10)30-19(15)20(16)32/h1-6,14,21-23,26,30,33-35H,7H2,(H,31,36,37)/t14?,21-,22?,23?,26?/m1/s1. The minimum absolute atomic E-state index is 0.0279. The van der Waals surface area contributed by atoms with Gasteiger partial charge in [-0.15, -0.1) is 0 Å². The summed E-state index contributed by atoms with van der Waals surface area (Å²) in [7, 11) is 0. The average Bonchev–Trinajstić information content (AvgIpc) is 3.51. The van der Waals surface area contributed by atoms with Crippen LogP contribution in [-0.2, 0) is 4.74 Å². The van der Waals surface area contributed by atoms with Gasteiger partial charge in [0.1, 0.15) is 42.7 Å². The average molecular weight is 525 g/mol. The van der Waals surface area contributed by atoms with Crippen molar-refractivity contribution in [1.29, 1.82) is 0 Å². The number of hydrogen-bond acceptors (Lipinski definition) is 6. The molecule has 1 saturated heterocycles. The Morgan fingerprint density at radius 1 is 0.868 bits per heavy atom. The van der Waals surface area contributed by atoms with E-state index in [0.29, 0.717) is 10.9 Å². The molecule has 0 saturated carbocycles. The van der Waals surface area contributed by atoms with Crippen LogP contribution < -0.4 is 5.32 Å². The number of carbonyl (C=O) groups excluding carboxylic acids is 2. The van der Waals surface area contributed by atoms with Crippen LogP contribution in [-0.4, -0.2) is 67.8 Å². The first-order valence-corrected chi connectivity index (χ1v) is 11.7. The Hall–Kier alpha value is -3.97. The molecule has 4 unspecified atom stereocenters. The molecule has 5 aromatic rings. The summed E-state index contributed by atoms with van der Waals surface area (Å²) in [5, 5.41) is 34.8. The van der Waals surface area contributed by atoms with Crippen LogP contribution in [0.3, 0.4) is 0 Å². The zero-order valence-corrected chi connectivity index (χ0v) is 19.2. The fourth-order valence-electron chi connectivity index (χ4n) is 5.86. The van der Waals surface area contributed by atoms with Gasteiger partial charge in [-0.25, -0.2) is 13.2 Å². The van der Waals surface area contributed by atoms with E-state index in [2.05, 4.69) is 10.3 Å². The molecule has 194 valence electrons. The highest BCUT2D eigenvalue weighted by atomic mass is 19.1. The van der Waals surface area contributed by atoms with Gasteiger partial charge in [0.05, 0.1) is 27.7 Å². The maximum Gasteiger partial charge on any atom is 0.259 e. The van der Waals surface area contributed by atoms with Crippen molar-refractivity contribution in [2.75, 3.05) is 6.67 Å². The molecule has 0 bridgehead atoms. The first-order chi connectivity index (χ1) is 18.2. The Balaban J connectivity index is 1.72. The van der Waals surface area contributed by atoms with Gasteiger partial charge in [-0.05, 0) is 36.4 Å². The molecule has 12 heteroatoms. The molecular weight excluding hydrogens is 507 g/mol. The summed E-state index contributed by atoms with van der Waals surface area (Å²) in [6, 6.07) is 7.50. The highest BCUT2D eigenvalue weighted by Crippen LogP contribution is 2.46. The highest BCUT2D eigenvalue weighted by molar-refractivity contribution is 6.39. The Morgan fingerprint density at radius 2 is 1.53 bits per heavy atom. The monoisotopic (exact) mass is 525 g/mol. The van der Waals surface area contributed by atoms with Crippen LogP contribution in [0.15, 0.2) is 36.4 Å². The molecule has 5 atom stereocenters. The van der Waals surface area contributed by atoms with Crippen molar-refractivity contribution in [3.05, 3.63) is 59.2 Å². The van der Waals surface area contributed by atoms with E-state index < -0.39 is 60.8 Å². The predicted molar refractivity (Wildman–Crippen MR) is 128 cm³/mol. The minimum atomic E-state index is -1.80. The summed E-state index contributed by atoms with van der Waals surface area (Å²) in [4.78, 5) is 29.2. The van der Waals surface area contributed by atoms with Crippen LogP contribution in [0.5, 0.6) is 0 Å². The number of fused-ring (bicyclic) bond motifs is 10. The molecular formula is C26H18F3N3O6. The molecule has 9 nitrogen and oxygen atoms in total. The topological polar surface area (TPSA) is 137 Å². The number of aliphatic hydroxyl groups excluding tert-OH is 3. The van der Waals surface area contributed by atoms with E-state index >= 15 is 0 Å². The second kappa shape index (κ2) is 7.77. The number of imide groups is 1. The normalized spacial score (nSPS) is 25.7. The minimum Gasteiger partial charge on any atom is -0.387 e. The second-order valence-corrected chi connectivity index (χ2v) is 9.54. The number of hydrogen-bond donors (Lipinski definition) is 5. The van der Waals surface area contributed by atoms with Crippen LogP contribution in [0.4, 0.5) is 13.2 Å². The van der Waals surface area contributed by atoms with E-state index in [1.165, 1.54) is 28.8 Å². The van der Waals surface area contributed by atoms with Crippen molar-refractivity contribution in [2.45, 2.75) is 30.6 Å². The second-order valence-electron chi connectivity index (χ2n) is 9.54. The third-order valence-electron chi connectivity index (χ3n) is 7.49. The summed E-state index contributed by atoms with van der Waals surface area (Å²) < 4.78 is 49.7. The van der Waals surface area contributed by atoms with Crippen LogP contribution in [0.2, 0.25) is 0 Å². The molecule has 1 fully saturated rings. The van der Waals surface area contributed by atoms with Gasteiger partial charge in [0.25, 0.3) is 11.8 Å². The lowest BCUT2D eigenvalue weighted by Crippen LogP contribution is -2.56. The molecule has 0 spiro atoms. The van der Waals surface area contributed by atoms with Crippen LogP contribution in [0, 0.1) is 11.6 Å². The van der Waals surface area contributed by atoms with Gasteiger partial charge in [0.2, 0.25) is 0 Å². The number of aromatic nitrogens is 2. The van der Waals surface area contributed by atoms with E-state index in [0.717, 1.165) is 12.1 Å². The van der Waals surface area contributed by atoms with Gasteiger partial charge in [-0.2, -0.15) is 0 Å². The maximum absolute atomic E-state index is 14.5. The molecule has 3 aromatic carbocycles. The first kappa shape index (κ1) is 23.2. The third-order valence-corrected chi connectivity index (χ3v) is 7.49. The van der Waals surface area contributed by atoms with E-state index in [-0.39, 0.29) is 43.8 Å². The smallest absolute Gasteiger partial charge is 0.259 e. The van der Waals surface area contributed by atoms with Gasteiger partial charge in [-0.1, -0.05) is 0 Å². The van der Waals surface area contributed by atoms with Crippen molar-refractivity contribution < 1.29 is 42.8 Å². The van der Waals surface area contributed by atoms with Crippen molar-refractivity contribution in [3.8, 4) is 0 Å². The number of aliphatic hydroxyl groups is 3. The molecule has 0 aliphatic carbocycles. The summed E-state index contributed by atoms with van der Waals surface area (Å²) in [5.74, 6) is -2.72. The molecule has 7 rings (SSSR count). The van der Waals surface area contributed by atoms with Crippen molar-refractivity contribution >= 4 is 55.4 Å². The largest absolute Gasteiger partial charge is 0.387 e. The lowest BCUT2D eigenvalue weighted by Gasteiger charge is -2.40. The summed E-state index contributed by atoms with van der Waals surface area (Å²) in [5.41, 5.74) is 0.969. The van der Waals surface area contributed by atoms with Gasteiger partial charge >= 0.3 is 0 Å². The molecule has 0 radical (unpaired) electrons. The molecule has 2 aliphatic heterocycles. The van der Waals surface area contributed by atoms with Gasteiger partial charge < -0.3 is 29.6 Å². The first-order valence-electron chi connectivity index (χ1n) is 11.7. The summed E-state index contributed by atoms with van der Waals surface area (Å²) >= 11 is 0. The lowest BCUT2D eigenvalue weighted by atomic mass is 9.96. The number of alkyl halides is 1. The number of rotatable bonds is 2. The number of aromatic amines is 1.